The Bertz CT molecular complexity index is 635. The van der Waals surface area contributed by atoms with Crippen molar-refractivity contribution in [3.63, 3.8) is 0 Å². The molecule has 1 saturated heterocycles. The van der Waals surface area contributed by atoms with Crippen LogP contribution in [0.4, 0.5) is 5.69 Å². The molecule has 7 heteroatoms. The Morgan fingerprint density at radius 3 is 2.91 bits per heavy atom. The van der Waals surface area contributed by atoms with Gasteiger partial charge in [0.1, 0.15) is 6.04 Å². The Balaban J connectivity index is 1.59. The maximum absolute atomic E-state index is 12.1. The molecule has 1 amide bonds. The van der Waals surface area contributed by atoms with Crippen molar-refractivity contribution in [1.29, 1.82) is 0 Å². The smallest absolute Gasteiger partial charge is 0.243 e. The van der Waals surface area contributed by atoms with E-state index in [1.807, 2.05) is 42.1 Å². The fourth-order valence-electron chi connectivity index (χ4n) is 2.13. The molecule has 1 aliphatic heterocycles. The Kier molecular flexibility index (Phi) is 4.77. The van der Waals surface area contributed by atoms with Crippen LogP contribution in [-0.4, -0.2) is 41.3 Å². The second-order valence-electron chi connectivity index (χ2n) is 5.02. The first-order valence-electron chi connectivity index (χ1n) is 7.09. The summed E-state index contributed by atoms with van der Waals surface area (Å²) in [6, 6.07) is 7.45. The van der Waals surface area contributed by atoms with Gasteiger partial charge in [0.25, 0.3) is 0 Å². The van der Waals surface area contributed by atoms with Crippen molar-refractivity contribution < 1.29 is 9.53 Å². The minimum atomic E-state index is -0.282. The molecule has 1 atom stereocenters. The molecule has 0 saturated carbocycles. The van der Waals surface area contributed by atoms with Crippen molar-refractivity contribution >= 4 is 23.4 Å². The highest BCUT2D eigenvalue weighted by Crippen LogP contribution is 2.26. The van der Waals surface area contributed by atoms with Crippen LogP contribution in [0.15, 0.2) is 46.7 Å². The average molecular weight is 318 g/mol. The van der Waals surface area contributed by atoms with Crippen molar-refractivity contribution in [3.8, 4) is 0 Å². The molecule has 1 fully saturated rings. The van der Waals surface area contributed by atoms with Crippen molar-refractivity contribution in [2.75, 3.05) is 25.1 Å². The Morgan fingerprint density at radius 1 is 1.45 bits per heavy atom. The molecule has 2 aromatic rings. The van der Waals surface area contributed by atoms with Crippen LogP contribution in [0.5, 0.6) is 0 Å². The molecule has 6 nitrogen and oxygen atoms in total. The van der Waals surface area contributed by atoms with E-state index in [9.17, 15) is 4.79 Å². The first-order valence-corrected chi connectivity index (χ1v) is 7.91. The van der Waals surface area contributed by atoms with Crippen LogP contribution in [0.3, 0.4) is 0 Å². The number of anilines is 1. The number of rotatable bonds is 4. The summed E-state index contributed by atoms with van der Waals surface area (Å²) in [6.45, 7) is 1.78. The van der Waals surface area contributed by atoms with E-state index < -0.39 is 0 Å². The maximum atomic E-state index is 12.1. The van der Waals surface area contributed by atoms with Gasteiger partial charge in [0.15, 0.2) is 5.16 Å². The van der Waals surface area contributed by atoms with Gasteiger partial charge in [-0.2, -0.15) is 0 Å². The SMILES string of the molecule is Cn1ccnc1Sc1ccc(NC(=O)C2COCCN2)cc1. The molecule has 0 radical (unpaired) electrons. The largest absolute Gasteiger partial charge is 0.378 e. The molecule has 1 aromatic heterocycles. The van der Waals surface area contributed by atoms with E-state index in [-0.39, 0.29) is 11.9 Å². The monoisotopic (exact) mass is 318 g/mol. The molecule has 2 N–H and O–H groups in total. The molecule has 1 aromatic carbocycles. The summed E-state index contributed by atoms with van der Waals surface area (Å²) in [5, 5.41) is 6.96. The summed E-state index contributed by atoms with van der Waals surface area (Å²) in [5.74, 6) is -0.0656. The summed E-state index contributed by atoms with van der Waals surface area (Å²) >= 11 is 1.58. The van der Waals surface area contributed by atoms with Crippen molar-refractivity contribution in [2.45, 2.75) is 16.1 Å². The Hall–Kier alpha value is -1.83. The lowest BCUT2D eigenvalue weighted by Crippen LogP contribution is -2.48. The molecule has 1 aliphatic rings. The van der Waals surface area contributed by atoms with Crippen LogP contribution >= 0.6 is 11.8 Å². The van der Waals surface area contributed by atoms with Crippen LogP contribution in [0.2, 0.25) is 0 Å². The number of ether oxygens (including phenoxy) is 1. The van der Waals surface area contributed by atoms with E-state index in [0.29, 0.717) is 19.8 Å². The molecule has 0 spiro atoms. The third-order valence-electron chi connectivity index (χ3n) is 3.35. The van der Waals surface area contributed by atoms with E-state index >= 15 is 0 Å². The van der Waals surface area contributed by atoms with Crippen LogP contribution in [0.25, 0.3) is 0 Å². The van der Waals surface area contributed by atoms with Gasteiger partial charge in [-0.05, 0) is 24.3 Å². The van der Waals surface area contributed by atoms with Crippen LogP contribution in [-0.2, 0) is 16.6 Å². The highest BCUT2D eigenvalue weighted by molar-refractivity contribution is 7.99. The van der Waals surface area contributed by atoms with Gasteiger partial charge in [-0.3, -0.25) is 4.79 Å². The number of imidazole rings is 1. The van der Waals surface area contributed by atoms with Crippen LogP contribution in [0.1, 0.15) is 0 Å². The number of nitrogens with one attached hydrogen (secondary N) is 2. The summed E-state index contributed by atoms with van der Waals surface area (Å²) < 4.78 is 7.26. The summed E-state index contributed by atoms with van der Waals surface area (Å²) in [4.78, 5) is 17.4. The zero-order valence-corrected chi connectivity index (χ0v) is 13.1. The molecule has 116 valence electrons. The van der Waals surface area contributed by atoms with Gasteiger partial charge in [-0.15, -0.1) is 0 Å². The lowest BCUT2D eigenvalue weighted by atomic mass is 10.2. The number of amides is 1. The minimum Gasteiger partial charge on any atom is -0.378 e. The number of aryl methyl sites for hydroxylation is 1. The van der Waals surface area contributed by atoms with Gasteiger partial charge in [0, 0.05) is 36.6 Å². The van der Waals surface area contributed by atoms with Gasteiger partial charge in [-0.25, -0.2) is 4.98 Å². The highest BCUT2D eigenvalue weighted by atomic mass is 32.2. The maximum Gasteiger partial charge on any atom is 0.243 e. The van der Waals surface area contributed by atoms with E-state index in [0.717, 1.165) is 15.7 Å². The number of nitrogens with zero attached hydrogens (tertiary/aromatic N) is 2. The molecule has 0 bridgehead atoms. The molecular weight excluding hydrogens is 300 g/mol. The first-order chi connectivity index (χ1) is 10.7. The van der Waals surface area contributed by atoms with E-state index in [2.05, 4.69) is 15.6 Å². The predicted molar refractivity (Wildman–Crippen MR) is 85.0 cm³/mol. The van der Waals surface area contributed by atoms with Gasteiger partial charge < -0.3 is 19.9 Å². The van der Waals surface area contributed by atoms with Gasteiger partial charge >= 0.3 is 0 Å². The second-order valence-corrected chi connectivity index (χ2v) is 6.06. The van der Waals surface area contributed by atoms with Gasteiger partial charge in [-0.1, -0.05) is 11.8 Å². The fraction of sp³-hybridized carbons (Fsp3) is 0.333. The number of carbonyl (C=O) groups is 1. The number of hydrogen-bond acceptors (Lipinski definition) is 5. The van der Waals surface area contributed by atoms with E-state index in [1.165, 1.54) is 0 Å². The average Bonchev–Trinajstić information content (AvgIpc) is 2.95. The first kappa shape index (κ1) is 15.1. The predicted octanol–water partition coefficient (Wildman–Crippen LogP) is 1.50. The molecule has 0 aliphatic carbocycles. The summed E-state index contributed by atoms with van der Waals surface area (Å²) in [7, 11) is 1.96. The molecular formula is C15H18N4O2S. The normalized spacial score (nSPS) is 18.1. The van der Waals surface area contributed by atoms with Gasteiger partial charge in [0.05, 0.1) is 13.2 Å². The molecule has 1 unspecified atom stereocenters. The molecule has 3 rings (SSSR count). The zero-order valence-electron chi connectivity index (χ0n) is 12.3. The van der Waals surface area contributed by atoms with Gasteiger partial charge in [0.2, 0.25) is 5.91 Å². The lowest BCUT2D eigenvalue weighted by Gasteiger charge is -2.22. The second kappa shape index (κ2) is 6.95. The van der Waals surface area contributed by atoms with E-state index in [4.69, 9.17) is 4.74 Å². The fourth-order valence-corrected chi connectivity index (χ4v) is 2.93. The number of hydrogen-bond donors (Lipinski definition) is 2. The lowest BCUT2D eigenvalue weighted by molar-refractivity contribution is -0.120. The topological polar surface area (TPSA) is 68.2 Å². The standard InChI is InChI=1S/C15H18N4O2S/c1-19-8-6-17-15(19)22-12-4-2-11(3-5-12)18-14(20)13-10-21-9-7-16-13/h2-6,8,13,16H,7,9-10H2,1H3,(H,18,20). The minimum absolute atomic E-state index is 0.0656. The van der Waals surface area contributed by atoms with Crippen LogP contribution < -0.4 is 10.6 Å². The Labute approximate surface area is 133 Å². The molecule has 2 heterocycles. The summed E-state index contributed by atoms with van der Waals surface area (Å²) in [5.41, 5.74) is 0.779. The summed E-state index contributed by atoms with van der Waals surface area (Å²) in [6.07, 6.45) is 3.69. The van der Waals surface area contributed by atoms with Crippen molar-refractivity contribution in [1.82, 2.24) is 14.9 Å². The Morgan fingerprint density at radius 2 is 2.27 bits per heavy atom. The van der Waals surface area contributed by atoms with E-state index in [1.54, 1.807) is 18.0 Å². The van der Waals surface area contributed by atoms with Crippen molar-refractivity contribution in [2.24, 2.45) is 7.05 Å². The number of carbonyl (C=O) groups excluding carboxylic acids is 1. The van der Waals surface area contributed by atoms with Crippen LogP contribution in [0, 0.1) is 0 Å². The zero-order chi connectivity index (χ0) is 15.4. The number of morpholine rings is 1. The third-order valence-corrected chi connectivity index (χ3v) is 4.43. The third kappa shape index (κ3) is 3.68. The number of benzene rings is 1. The molecule has 22 heavy (non-hydrogen) atoms. The highest BCUT2D eigenvalue weighted by Gasteiger charge is 2.20. The number of aromatic nitrogens is 2. The quantitative estimate of drug-likeness (QED) is 0.894. The van der Waals surface area contributed by atoms with Crippen molar-refractivity contribution in [3.05, 3.63) is 36.7 Å².